The van der Waals surface area contributed by atoms with E-state index in [4.69, 9.17) is 4.74 Å². The molecule has 1 N–H and O–H groups in total. The Morgan fingerprint density at radius 3 is 2.62 bits per heavy atom. The molecule has 2 nitrogen and oxygen atoms in total. The van der Waals surface area contributed by atoms with Gasteiger partial charge in [-0.25, -0.2) is 0 Å². The van der Waals surface area contributed by atoms with Gasteiger partial charge in [0.25, 0.3) is 0 Å². The Morgan fingerprint density at radius 1 is 1.05 bits per heavy atom. The fourth-order valence-corrected chi connectivity index (χ4v) is 2.67. The molecular weight excluding hydrogens is 258 g/mol. The molecule has 2 aromatic rings. The Bertz CT molecular complexity index is 557. The Hall–Kier alpha value is -1.38. The van der Waals surface area contributed by atoms with Crippen molar-refractivity contribution < 1.29 is 4.74 Å². The van der Waals surface area contributed by atoms with Gasteiger partial charge >= 0.3 is 0 Å². The maximum absolute atomic E-state index is 5.07. The van der Waals surface area contributed by atoms with E-state index < -0.39 is 0 Å². The van der Waals surface area contributed by atoms with Crippen LogP contribution in [0.15, 0.2) is 42.5 Å². The predicted molar refractivity (Wildman–Crippen MR) is 90.8 cm³/mol. The topological polar surface area (TPSA) is 21.3 Å². The van der Waals surface area contributed by atoms with E-state index in [0.29, 0.717) is 5.41 Å². The molecule has 2 heteroatoms. The van der Waals surface area contributed by atoms with Crippen molar-refractivity contribution in [2.75, 3.05) is 26.8 Å². The van der Waals surface area contributed by atoms with Crippen molar-refractivity contribution in [2.24, 2.45) is 5.41 Å². The highest BCUT2D eigenvalue weighted by Crippen LogP contribution is 2.25. The van der Waals surface area contributed by atoms with Crippen molar-refractivity contribution >= 4 is 10.8 Å². The van der Waals surface area contributed by atoms with Gasteiger partial charge in [0.15, 0.2) is 0 Å². The summed E-state index contributed by atoms with van der Waals surface area (Å²) >= 11 is 0. The van der Waals surface area contributed by atoms with Crippen LogP contribution in [0.1, 0.15) is 25.8 Å². The van der Waals surface area contributed by atoms with Gasteiger partial charge in [-0.2, -0.15) is 0 Å². The zero-order chi connectivity index (χ0) is 15.1. The Labute approximate surface area is 128 Å². The maximum Gasteiger partial charge on any atom is 0.0587 e. The molecule has 0 amide bonds. The third-order valence-corrected chi connectivity index (χ3v) is 4.04. The van der Waals surface area contributed by atoms with Crippen LogP contribution in [0.3, 0.4) is 0 Å². The average molecular weight is 285 g/mol. The number of rotatable bonds is 8. The first-order valence-corrected chi connectivity index (χ1v) is 7.79. The predicted octanol–water partition coefficient (Wildman–Crippen LogP) is 4.03. The molecule has 0 fully saturated rings. The number of hydrogen-bond donors (Lipinski definition) is 1. The molecule has 0 atom stereocenters. The van der Waals surface area contributed by atoms with Crippen LogP contribution >= 0.6 is 0 Å². The zero-order valence-electron chi connectivity index (χ0n) is 13.5. The van der Waals surface area contributed by atoms with E-state index in [9.17, 15) is 0 Å². The van der Waals surface area contributed by atoms with E-state index in [-0.39, 0.29) is 0 Å². The highest BCUT2D eigenvalue weighted by Gasteiger charge is 2.17. The number of methoxy groups -OCH3 is 1. The summed E-state index contributed by atoms with van der Waals surface area (Å²) in [5.74, 6) is 0. The SMILES string of the molecule is COCCNCC(C)(C)CCc1cccc2ccccc12. The Kier molecular flexibility index (Phi) is 5.77. The molecular formula is C19H27NO. The molecule has 0 aliphatic rings. The molecule has 0 radical (unpaired) electrons. The van der Waals surface area contributed by atoms with Gasteiger partial charge in [-0.3, -0.25) is 0 Å². The smallest absolute Gasteiger partial charge is 0.0587 e. The first-order valence-electron chi connectivity index (χ1n) is 7.79. The number of benzene rings is 2. The number of ether oxygens (including phenoxy) is 1. The van der Waals surface area contributed by atoms with Crippen LogP contribution < -0.4 is 5.32 Å². The lowest BCUT2D eigenvalue weighted by Crippen LogP contribution is -2.31. The van der Waals surface area contributed by atoms with Crippen molar-refractivity contribution in [2.45, 2.75) is 26.7 Å². The molecule has 0 unspecified atom stereocenters. The van der Waals surface area contributed by atoms with Gasteiger partial charge in [-0.05, 0) is 34.6 Å². The lowest BCUT2D eigenvalue weighted by Gasteiger charge is -2.25. The molecule has 21 heavy (non-hydrogen) atoms. The van der Waals surface area contributed by atoms with Crippen molar-refractivity contribution in [1.82, 2.24) is 5.32 Å². The third kappa shape index (κ3) is 4.83. The van der Waals surface area contributed by atoms with Crippen LogP contribution in [0.25, 0.3) is 10.8 Å². The zero-order valence-corrected chi connectivity index (χ0v) is 13.5. The van der Waals surface area contributed by atoms with E-state index in [1.807, 2.05) is 0 Å². The number of fused-ring (bicyclic) bond motifs is 1. The first-order chi connectivity index (χ1) is 10.1. The van der Waals surface area contributed by atoms with E-state index >= 15 is 0 Å². The van der Waals surface area contributed by atoms with E-state index in [0.717, 1.165) is 26.1 Å². The summed E-state index contributed by atoms with van der Waals surface area (Å²) in [6.07, 6.45) is 2.31. The van der Waals surface area contributed by atoms with Gasteiger partial charge in [0.2, 0.25) is 0 Å². The summed E-state index contributed by atoms with van der Waals surface area (Å²) in [6, 6.07) is 15.3. The van der Waals surface area contributed by atoms with Crippen molar-refractivity contribution in [1.29, 1.82) is 0 Å². The fraction of sp³-hybridized carbons (Fsp3) is 0.474. The van der Waals surface area contributed by atoms with Crippen molar-refractivity contribution in [3.63, 3.8) is 0 Å². The number of aryl methyl sites for hydroxylation is 1. The standard InChI is InChI=1S/C19H27NO/c1-19(2,15-20-13-14-21-3)12-11-17-9-6-8-16-7-4-5-10-18(16)17/h4-10,20H,11-15H2,1-3H3. The summed E-state index contributed by atoms with van der Waals surface area (Å²) in [5, 5.41) is 6.21. The second kappa shape index (κ2) is 7.58. The molecule has 0 saturated heterocycles. The summed E-state index contributed by atoms with van der Waals surface area (Å²) in [7, 11) is 1.74. The fourth-order valence-electron chi connectivity index (χ4n) is 2.67. The van der Waals surface area contributed by atoms with E-state index in [2.05, 4.69) is 61.6 Å². The largest absolute Gasteiger partial charge is 0.383 e. The Balaban J connectivity index is 1.94. The average Bonchev–Trinajstić information content (AvgIpc) is 2.50. The molecule has 0 aliphatic heterocycles. The minimum absolute atomic E-state index is 0.296. The van der Waals surface area contributed by atoms with E-state index in [1.165, 1.54) is 22.8 Å². The molecule has 2 rings (SSSR count). The number of hydrogen-bond acceptors (Lipinski definition) is 2. The Morgan fingerprint density at radius 2 is 1.81 bits per heavy atom. The van der Waals surface area contributed by atoms with Crippen LogP contribution in [0.5, 0.6) is 0 Å². The van der Waals surface area contributed by atoms with Crippen molar-refractivity contribution in [3.8, 4) is 0 Å². The third-order valence-electron chi connectivity index (χ3n) is 4.04. The second-order valence-corrected chi connectivity index (χ2v) is 6.47. The van der Waals surface area contributed by atoms with Crippen LogP contribution in [0.2, 0.25) is 0 Å². The minimum Gasteiger partial charge on any atom is -0.383 e. The maximum atomic E-state index is 5.07. The van der Waals surface area contributed by atoms with Gasteiger partial charge in [0.05, 0.1) is 6.61 Å². The minimum atomic E-state index is 0.296. The van der Waals surface area contributed by atoms with Crippen LogP contribution in [-0.2, 0) is 11.2 Å². The van der Waals surface area contributed by atoms with Crippen LogP contribution in [0, 0.1) is 5.41 Å². The summed E-state index contributed by atoms with van der Waals surface area (Å²) in [5.41, 5.74) is 1.75. The van der Waals surface area contributed by atoms with E-state index in [1.54, 1.807) is 7.11 Å². The highest BCUT2D eigenvalue weighted by molar-refractivity contribution is 5.85. The molecule has 114 valence electrons. The molecule has 0 aliphatic carbocycles. The monoisotopic (exact) mass is 285 g/mol. The molecule has 2 aromatic carbocycles. The quantitative estimate of drug-likeness (QED) is 0.739. The van der Waals surface area contributed by atoms with Crippen LogP contribution in [-0.4, -0.2) is 26.8 Å². The van der Waals surface area contributed by atoms with Crippen LogP contribution in [0.4, 0.5) is 0 Å². The summed E-state index contributed by atoms with van der Waals surface area (Å²) in [4.78, 5) is 0. The molecule has 0 saturated carbocycles. The summed E-state index contributed by atoms with van der Waals surface area (Å²) < 4.78 is 5.07. The lowest BCUT2D eigenvalue weighted by atomic mass is 9.85. The van der Waals surface area contributed by atoms with Gasteiger partial charge in [-0.1, -0.05) is 56.3 Å². The van der Waals surface area contributed by atoms with Gasteiger partial charge in [-0.15, -0.1) is 0 Å². The number of nitrogens with one attached hydrogen (secondary N) is 1. The first kappa shape index (κ1) is 16.0. The lowest BCUT2D eigenvalue weighted by molar-refractivity contribution is 0.193. The molecule has 0 bridgehead atoms. The molecule has 0 heterocycles. The molecule has 0 spiro atoms. The van der Waals surface area contributed by atoms with Gasteiger partial charge < -0.3 is 10.1 Å². The highest BCUT2D eigenvalue weighted by atomic mass is 16.5. The van der Waals surface area contributed by atoms with Crippen molar-refractivity contribution in [3.05, 3.63) is 48.0 Å². The van der Waals surface area contributed by atoms with Gasteiger partial charge in [0, 0.05) is 20.2 Å². The summed E-state index contributed by atoms with van der Waals surface area (Å²) in [6.45, 7) is 7.39. The molecule has 0 aromatic heterocycles. The normalized spacial score (nSPS) is 12.0. The second-order valence-electron chi connectivity index (χ2n) is 6.47. The van der Waals surface area contributed by atoms with Gasteiger partial charge in [0.1, 0.15) is 0 Å².